The van der Waals surface area contributed by atoms with Gasteiger partial charge in [-0.15, -0.1) is 11.6 Å². The van der Waals surface area contributed by atoms with Crippen LogP contribution in [-0.4, -0.2) is 9.55 Å². The van der Waals surface area contributed by atoms with Gasteiger partial charge < -0.3 is 4.57 Å². The summed E-state index contributed by atoms with van der Waals surface area (Å²) < 4.78 is 1.95. The van der Waals surface area contributed by atoms with Crippen LogP contribution in [0.2, 0.25) is 10.0 Å². The maximum Gasteiger partial charge on any atom is 0.0952 e. The molecule has 1 aromatic heterocycles. The first-order chi connectivity index (χ1) is 10.7. The number of halogens is 3. The van der Waals surface area contributed by atoms with Crippen molar-refractivity contribution in [1.82, 2.24) is 9.55 Å². The van der Waals surface area contributed by atoms with Crippen molar-refractivity contribution in [2.75, 3.05) is 0 Å². The third-order valence-corrected chi connectivity index (χ3v) is 4.71. The van der Waals surface area contributed by atoms with E-state index in [4.69, 9.17) is 34.8 Å². The second kappa shape index (κ2) is 6.74. The van der Waals surface area contributed by atoms with Crippen LogP contribution in [0.3, 0.4) is 0 Å². The molecule has 2 atom stereocenters. The van der Waals surface area contributed by atoms with E-state index in [1.807, 2.05) is 59.3 Å². The molecule has 1 heterocycles. The van der Waals surface area contributed by atoms with Crippen LogP contribution >= 0.6 is 34.8 Å². The normalized spacial score (nSPS) is 13.8. The van der Waals surface area contributed by atoms with Crippen LogP contribution in [0.4, 0.5) is 0 Å². The highest BCUT2D eigenvalue weighted by Crippen LogP contribution is 2.42. The Morgan fingerprint density at radius 3 is 2.00 bits per heavy atom. The van der Waals surface area contributed by atoms with E-state index in [1.165, 1.54) is 0 Å². The predicted molar refractivity (Wildman–Crippen MR) is 91.9 cm³/mol. The molecule has 0 saturated carbocycles. The van der Waals surface area contributed by atoms with Gasteiger partial charge in [0.2, 0.25) is 0 Å². The molecule has 0 aliphatic carbocycles. The summed E-state index contributed by atoms with van der Waals surface area (Å²) in [5, 5.41) is 0.932. The van der Waals surface area contributed by atoms with Gasteiger partial charge in [0.15, 0.2) is 0 Å². The fourth-order valence-corrected chi connectivity index (χ4v) is 3.50. The Morgan fingerprint density at radius 2 is 1.45 bits per heavy atom. The van der Waals surface area contributed by atoms with Gasteiger partial charge in [-0.1, -0.05) is 59.6 Å². The molecule has 3 aromatic rings. The molecule has 0 N–H and O–H groups in total. The van der Waals surface area contributed by atoms with Crippen LogP contribution in [-0.2, 0) is 0 Å². The van der Waals surface area contributed by atoms with Crippen LogP contribution < -0.4 is 0 Å². The molecule has 2 nitrogen and oxygen atoms in total. The molecular formula is C17H13Cl3N2. The SMILES string of the molecule is Clc1ccccc1C(Cl)C(c1ccccc1Cl)n1ccnc1. The maximum atomic E-state index is 6.78. The average molecular weight is 352 g/mol. The average Bonchev–Trinajstić information content (AvgIpc) is 3.04. The first-order valence-electron chi connectivity index (χ1n) is 6.79. The van der Waals surface area contributed by atoms with Gasteiger partial charge in [0.05, 0.1) is 17.7 Å². The topological polar surface area (TPSA) is 17.8 Å². The number of aromatic nitrogens is 2. The van der Waals surface area contributed by atoms with Gasteiger partial charge in [0, 0.05) is 22.4 Å². The first kappa shape index (κ1) is 15.4. The first-order valence-corrected chi connectivity index (χ1v) is 7.98. The minimum atomic E-state index is -0.372. The highest BCUT2D eigenvalue weighted by Gasteiger charge is 2.27. The minimum Gasteiger partial charge on any atom is -0.328 e. The Hall–Kier alpha value is -1.48. The Bertz CT molecular complexity index is 756. The molecule has 2 unspecified atom stereocenters. The summed E-state index contributed by atoms with van der Waals surface area (Å²) in [6.07, 6.45) is 5.33. The van der Waals surface area contributed by atoms with E-state index in [0.717, 1.165) is 11.1 Å². The van der Waals surface area contributed by atoms with E-state index in [0.29, 0.717) is 10.0 Å². The molecule has 3 rings (SSSR count). The van der Waals surface area contributed by atoms with Gasteiger partial charge in [-0.25, -0.2) is 4.98 Å². The van der Waals surface area contributed by atoms with Crippen LogP contribution in [0, 0.1) is 0 Å². The van der Waals surface area contributed by atoms with Crippen molar-refractivity contribution in [1.29, 1.82) is 0 Å². The molecule has 0 aliphatic heterocycles. The lowest BCUT2D eigenvalue weighted by Gasteiger charge is -2.26. The Morgan fingerprint density at radius 1 is 0.864 bits per heavy atom. The smallest absolute Gasteiger partial charge is 0.0952 e. The van der Waals surface area contributed by atoms with Gasteiger partial charge in [-0.3, -0.25) is 0 Å². The van der Waals surface area contributed by atoms with Crippen molar-refractivity contribution in [3.05, 3.63) is 88.4 Å². The van der Waals surface area contributed by atoms with Crippen LogP contribution in [0.1, 0.15) is 22.5 Å². The van der Waals surface area contributed by atoms with Crippen molar-refractivity contribution in [2.45, 2.75) is 11.4 Å². The van der Waals surface area contributed by atoms with Crippen LogP contribution in [0.25, 0.3) is 0 Å². The number of alkyl halides is 1. The molecular weight excluding hydrogens is 339 g/mol. The Kier molecular flexibility index (Phi) is 4.72. The largest absolute Gasteiger partial charge is 0.328 e. The van der Waals surface area contributed by atoms with E-state index >= 15 is 0 Å². The van der Waals surface area contributed by atoms with E-state index < -0.39 is 0 Å². The number of benzene rings is 2. The van der Waals surface area contributed by atoms with Gasteiger partial charge in [-0.2, -0.15) is 0 Å². The van der Waals surface area contributed by atoms with E-state index in [2.05, 4.69) is 4.98 Å². The molecule has 22 heavy (non-hydrogen) atoms. The standard InChI is InChI=1S/C17H13Cl3N2/c18-14-7-3-1-5-12(14)16(20)17(22-10-9-21-11-22)13-6-2-4-8-15(13)19/h1-11,16-17H. The van der Waals surface area contributed by atoms with Crippen molar-refractivity contribution in [3.63, 3.8) is 0 Å². The lowest BCUT2D eigenvalue weighted by molar-refractivity contribution is 0.565. The summed E-state index contributed by atoms with van der Waals surface area (Å²) in [6, 6.07) is 15.1. The lowest BCUT2D eigenvalue weighted by Crippen LogP contribution is -2.15. The molecule has 5 heteroatoms. The summed E-state index contributed by atoms with van der Waals surface area (Å²) >= 11 is 19.5. The summed E-state index contributed by atoms with van der Waals surface area (Å²) in [4.78, 5) is 4.12. The van der Waals surface area contributed by atoms with Gasteiger partial charge >= 0.3 is 0 Å². The number of nitrogens with zero attached hydrogens (tertiary/aromatic N) is 2. The van der Waals surface area contributed by atoms with Gasteiger partial charge in [-0.05, 0) is 23.3 Å². The molecule has 0 aliphatic rings. The Labute approximate surface area is 144 Å². The molecule has 112 valence electrons. The van der Waals surface area contributed by atoms with Crippen molar-refractivity contribution >= 4 is 34.8 Å². The minimum absolute atomic E-state index is 0.197. The third kappa shape index (κ3) is 3.00. The highest BCUT2D eigenvalue weighted by molar-refractivity contribution is 6.33. The second-order valence-electron chi connectivity index (χ2n) is 4.90. The van der Waals surface area contributed by atoms with Crippen LogP contribution in [0.5, 0.6) is 0 Å². The summed E-state index contributed by atoms with van der Waals surface area (Å²) in [5.41, 5.74) is 1.80. The monoisotopic (exact) mass is 350 g/mol. The zero-order valence-corrected chi connectivity index (χ0v) is 13.8. The zero-order chi connectivity index (χ0) is 15.5. The van der Waals surface area contributed by atoms with E-state index in [1.54, 1.807) is 12.5 Å². The van der Waals surface area contributed by atoms with E-state index in [-0.39, 0.29) is 11.4 Å². The number of hydrogen-bond acceptors (Lipinski definition) is 1. The summed E-state index contributed by atoms with van der Waals surface area (Å²) in [6.45, 7) is 0. The van der Waals surface area contributed by atoms with E-state index in [9.17, 15) is 0 Å². The molecule has 0 bridgehead atoms. The molecule has 0 amide bonds. The fraction of sp³-hybridized carbons (Fsp3) is 0.118. The van der Waals surface area contributed by atoms with Crippen LogP contribution in [0.15, 0.2) is 67.3 Å². The maximum absolute atomic E-state index is 6.78. The zero-order valence-electron chi connectivity index (χ0n) is 11.5. The summed E-state index contributed by atoms with van der Waals surface area (Å²) in [7, 11) is 0. The number of hydrogen-bond donors (Lipinski definition) is 0. The molecule has 0 saturated heterocycles. The molecule has 0 radical (unpaired) electrons. The summed E-state index contributed by atoms with van der Waals surface area (Å²) in [5.74, 6) is 0. The van der Waals surface area contributed by atoms with Gasteiger partial charge in [0.25, 0.3) is 0 Å². The third-order valence-electron chi connectivity index (χ3n) is 3.55. The lowest BCUT2D eigenvalue weighted by atomic mass is 9.98. The molecule has 0 fully saturated rings. The molecule has 0 spiro atoms. The predicted octanol–water partition coefficient (Wildman–Crippen LogP) is 5.76. The Balaban J connectivity index is 2.11. The van der Waals surface area contributed by atoms with Crippen molar-refractivity contribution in [2.24, 2.45) is 0 Å². The van der Waals surface area contributed by atoms with Crippen molar-refractivity contribution in [3.8, 4) is 0 Å². The number of rotatable bonds is 4. The van der Waals surface area contributed by atoms with Gasteiger partial charge in [0.1, 0.15) is 0 Å². The molecule has 2 aromatic carbocycles. The highest BCUT2D eigenvalue weighted by atomic mass is 35.5. The quantitative estimate of drug-likeness (QED) is 0.546. The second-order valence-corrected chi connectivity index (χ2v) is 6.18. The number of imidazole rings is 1. The fourth-order valence-electron chi connectivity index (χ4n) is 2.49. The van der Waals surface area contributed by atoms with Crippen molar-refractivity contribution < 1.29 is 0 Å².